The highest BCUT2D eigenvalue weighted by Gasteiger charge is 2.05. The zero-order valence-electron chi connectivity index (χ0n) is 10.3. The van der Waals surface area contributed by atoms with Gasteiger partial charge in [-0.15, -0.1) is 23.1 Å². The summed E-state index contributed by atoms with van der Waals surface area (Å²) in [5.74, 6) is 0.348. The third kappa shape index (κ3) is 4.69. The second-order valence-corrected chi connectivity index (χ2v) is 6.05. The summed E-state index contributed by atoms with van der Waals surface area (Å²) >= 11 is 2.98. The molecule has 1 heterocycles. The summed E-state index contributed by atoms with van der Waals surface area (Å²) in [6.45, 7) is 0.570. The van der Waals surface area contributed by atoms with Gasteiger partial charge in [0.25, 0.3) is 0 Å². The number of benzene rings is 1. The number of halogens is 1. The second kappa shape index (κ2) is 7.31. The molecule has 2 aromatic rings. The van der Waals surface area contributed by atoms with E-state index in [1.165, 1.54) is 17.8 Å². The zero-order valence-corrected chi connectivity index (χ0v) is 11.9. The van der Waals surface area contributed by atoms with Crippen molar-refractivity contribution in [1.29, 1.82) is 0 Å². The van der Waals surface area contributed by atoms with Crippen LogP contribution in [0.15, 0.2) is 46.7 Å². The van der Waals surface area contributed by atoms with Crippen LogP contribution in [0.5, 0.6) is 0 Å². The van der Waals surface area contributed by atoms with Crippen LogP contribution in [0.4, 0.5) is 4.39 Å². The molecule has 0 aliphatic rings. The van der Waals surface area contributed by atoms with Gasteiger partial charge in [0.1, 0.15) is 5.82 Å². The van der Waals surface area contributed by atoms with Gasteiger partial charge >= 0.3 is 0 Å². The third-order valence-corrected chi connectivity index (χ3v) is 4.39. The molecule has 2 nitrogen and oxygen atoms in total. The maximum absolute atomic E-state index is 13.3. The lowest BCUT2D eigenvalue weighted by Gasteiger charge is -2.04. The van der Waals surface area contributed by atoms with E-state index in [9.17, 15) is 9.18 Å². The molecule has 0 atom stereocenters. The van der Waals surface area contributed by atoms with Gasteiger partial charge < -0.3 is 5.32 Å². The summed E-state index contributed by atoms with van der Waals surface area (Å²) in [6.07, 6.45) is 0.393. The Morgan fingerprint density at radius 1 is 1.26 bits per heavy atom. The minimum atomic E-state index is -0.230. The molecule has 1 amide bonds. The van der Waals surface area contributed by atoms with Crippen LogP contribution in [0.25, 0.3) is 0 Å². The van der Waals surface area contributed by atoms with Crippen LogP contribution in [-0.2, 0) is 11.3 Å². The van der Waals surface area contributed by atoms with Gasteiger partial charge in [0, 0.05) is 21.9 Å². The van der Waals surface area contributed by atoms with Gasteiger partial charge in [-0.2, -0.15) is 0 Å². The van der Waals surface area contributed by atoms with E-state index >= 15 is 0 Å². The zero-order chi connectivity index (χ0) is 13.5. The van der Waals surface area contributed by atoms with Crippen LogP contribution < -0.4 is 5.32 Å². The summed E-state index contributed by atoms with van der Waals surface area (Å²) in [4.78, 5) is 13.3. The summed E-state index contributed by atoms with van der Waals surface area (Å²) < 4.78 is 13.3. The average molecular weight is 295 g/mol. The Kier molecular flexibility index (Phi) is 5.42. The number of rotatable bonds is 6. The first-order valence-corrected chi connectivity index (χ1v) is 7.78. The highest BCUT2D eigenvalue weighted by atomic mass is 32.2. The van der Waals surface area contributed by atoms with Gasteiger partial charge in [-0.05, 0) is 23.6 Å². The van der Waals surface area contributed by atoms with Crippen LogP contribution in [0.3, 0.4) is 0 Å². The van der Waals surface area contributed by atoms with Crippen LogP contribution >= 0.6 is 23.1 Å². The maximum Gasteiger partial charge on any atom is 0.221 e. The monoisotopic (exact) mass is 295 g/mol. The Labute approximate surface area is 120 Å². The van der Waals surface area contributed by atoms with Crippen LogP contribution in [-0.4, -0.2) is 11.7 Å². The molecule has 0 fully saturated rings. The van der Waals surface area contributed by atoms with E-state index < -0.39 is 0 Å². The Morgan fingerprint density at radius 2 is 2.11 bits per heavy atom. The molecule has 0 radical (unpaired) electrons. The van der Waals surface area contributed by atoms with E-state index in [2.05, 4.69) is 5.32 Å². The van der Waals surface area contributed by atoms with Crippen molar-refractivity contribution in [2.45, 2.75) is 17.9 Å². The number of hydrogen-bond donors (Lipinski definition) is 1. The fraction of sp³-hybridized carbons (Fsp3) is 0.214. The smallest absolute Gasteiger partial charge is 0.221 e. The molecule has 2 rings (SSSR count). The van der Waals surface area contributed by atoms with Crippen molar-refractivity contribution in [3.8, 4) is 0 Å². The highest BCUT2D eigenvalue weighted by Crippen LogP contribution is 2.21. The number of amides is 1. The molecular weight excluding hydrogens is 281 g/mol. The molecule has 0 saturated heterocycles. The minimum Gasteiger partial charge on any atom is -0.351 e. The van der Waals surface area contributed by atoms with E-state index in [4.69, 9.17) is 0 Å². The van der Waals surface area contributed by atoms with Crippen LogP contribution in [0, 0.1) is 5.82 Å². The highest BCUT2D eigenvalue weighted by molar-refractivity contribution is 7.99. The van der Waals surface area contributed by atoms with Gasteiger partial charge in [-0.1, -0.05) is 18.2 Å². The lowest BCUT2D eigenvalue weighted by atomic mass is 10.3. The summed E-state index contributed by atoms with van der Waals surface area (Å²) in [5.41, 5.74) is 0. The Morgan fingerprint density at radius 3 is 2.84 bits per heavy atom. The van der Waals surface area contributed by atoms with Gasteiger partial charge in [-0.25, -0.2) is 4.39 Å². The van der Waals surface area contributed by atoms with Gasteiger partial charge in [0.05, 0.1) is 6.54 Å². The van der Waals surface area contributed by atoms with Crippen molar-refractivity contribution in [3.63, 3.8) is 0 Å². The number of carbonyl (C=O) groups is 1. The predicted octanol–water partition coefficient (Wildman–Crippen LogP) is 3.69. The molecule has 19 heavy (non-hydrogen) atoms. The minimum absolute atomic E-state index is 0.00256. The molecule has 0 aliphatic heterocycles. The SMILES string of the molecule is O=C(CCSc1ccccc1F)NCc1cccs1. The van der Waals surface area contributed by atoms with Crippen molar-refractivity contribution >= 4 is 29.0 Å². The molecule has 1 aromatic heterocycles. The molecule has 1 N–H and O–H groups in total. The van der Waals surface area contributed by atoms with E-state index in [1.54, 1.807) is 29.5 Å². The standard InChI is InChI=1S/C14H14FNOS2/c15-12-5-1-2-6-13(12)19-9-7-14(17)16-10-11-4-3-8-18-11/h1-6,8H,7,9-10H2,(H,16,17). The van der Waals surface area contributed by atoms with Crippen molar-refractivity contribution in [1.82, 2.24) is 5.32 Å². The molecule has 100 valence electrons. The Bertz CT molecular complexity index is 528. The Balaban J connectivity index is 1.68. The van der Waals surface area contributed by atoms with Crippen molar-refractivity contribution < 1.29 is 9.18 Å². The number of carbonyl (C=O) groups excluding carboxylic acids is 1. The van der Waals surface area contributed by atoms with E-state index in [-0.39, 0.29) is 11.7 Å². The van der Waals surface area contributed by atoms with E-state index in [0.717, 1.165) is 4.88 Å². The summed E-state index contributed by atoms with van der Waals surface area (Å²) in [5, 5.41) is 4.83. The normalized spacial score (nSPS) is 10.4. The van der Waals surface area contributed by atoms with E-state index in [1.807, 2.05) is 17.5 Å². The molecule has 0 unspecified atom stereocenters. The first-order valence-electron chi connectivity index (χ1n) is 5.92. The lowest BCUT2D eigenvalue weighted by molar-refractivity contribution is -0.120. The number of nitrogens with one attached hydrogen (secondary N) is 1. The summed E-state index contributed by atoms with van der Waals surface area (Å²) in [6, 6.07) is 10.6. The van der Waals surface area contributed by atoms with E-state index in [0.29, 0.717) is 23.6 Å². The van der Waals surface area contributed by atoms with Gasteiger partial charge in [0.15, 0.2) is 0 Å². The average Bonchev–Trinajstić information content (AvgIpc) is 2.92. The fourth-order valence-corrected chi connectivity index (χ4v) is 3.04. The van der Waals surface area contributed by atoms with Crippen molar-refractivity contribution in [3.05, 3.63) is 52.5 Å². The molecule has 0 aliphatic carbocycles. The lowest BCUT2D eigenvalue weighted by Crippen LogP contribution is -2.22. The number of thiophene rings is 1. The second-order valence-electron chi connectivity index (χ2n) is 3.88. The maximum atomic E-state index is 13.3. The third-order valence-electron chi connectivity index (χ3n) is 2.46. The molecule has 0 bridgehead atoms. The molecular formula is C14H14FNOS2. The first-order chi connectivity index (χ1) is 9.25. The molecule has 1 aromatic carbocycles. The quantitative estimate of drug-likeness (QED) is 0.824. The van der Waals surface area contributed by atoms with Gasteiger partial charge in [0.2, 0.25) is 5.91 Å². The van der Waals surface area contributed by atoms with Crippen molar-refractivity contribution in [2.24, 2.45) is 0 Å². The van der Waals surface area contributed by atoms with Crippen molar-refractivity contribution in [2.75, 3.05) is 5.75 Å². The molecule has 0 spiro atoms. The summed E-state index contributed by atoms with van der Waals surface area (Å²) in [7, 11) is 0. The number of hydrogen-bond acceptors (Lipinski definition) is 3. The first kappa shape index (κ1) is 14.1. The van der Waals surface area contributed by atoms with Crippen LogP contribution in [0.2, 0.25) is 0 Å². The topological polar surface area (TPSA) is 29.1 Å². The predicted molar refractivity (Wildman–Crippen MR) is 77.9 cm³/mol. The fourth-order valence-electron chi connectivity index (χ4n) is 1.50. The number of thioether (sulfide) groups is 1. The molecule has 5 heteroatoms. The largest absolute Gasteiger partial charge is 0.351 e. The van der Waals surface area contributed by atoms with Crippen LogP contribution in [0.1, 0.15) is 11.3 Å². The molecule has 0 saturated carbocycles. The Hall–Kier alpha value is -1.33. The van der Waals surface area contributed by atoms with Gasteiger partial charge in [-0.3, -0.25) is 4.79 Å².